The van der Waals surface area contributed by atoms with Gasteiger partial charge >= 0.3 is 0 Å². The molecule has 0 bridgehead atoms. The van der Waals surface area contributed by atoms with E-state index < -0.39 is 0 Å². The highest BCUT2D eigenvalue weighted by molar-refractivity contribution is 6.00. The van der Waals surface area contributed by atoms with Crippen LogP contribution in [-0.2, 0) is 14.3 Å². The summed E-state index contributed by atoms with van der Waals surface area (Å²) in [6, 6.07) is 3.54. The maximum atomic E-state index is 13.1. The van der Waals surface area contributed by atoms with Crippen LogP contribution >= 0.6 is 0 Å². The van der Waals surface area contributed by atoms with Gasteiger partial charge in [0.1, 0.15) is 0 Å². The highest BCUT2D eigenvalue weighted by atomic mass is 16.5. The second-order valence-corrected chi connectivity index (χ2v) is 6.96. The summed E-state index contributed by atoms with van der Waals surface area (Å²) in [4.78, 5) is 29.3. The number of hydrogen-bond donors (Lipinski definition) is 0. The quantitative estimate of drug-likeness (QED) is 0.733. The van der Waals surface area contributed by atoms with Gasteiger partial charge in [0.25, 0.3) is 0 Å². The molecule has 2 heterocycles. The van der Waals surface area contributed by atoms with E-state index in [-0.39, 0.29) is 30.2 Å². The Bertz CT molecular complexity index is 712. The molecule has 1 aromatic carbocycles. The van der Waals surface area contributed by atoms with Crippen LogP contribution in [0.25, 0.3) is 0 Å². The fourth-order valence-electron chi connectivity index (χ4n) is 3.86. The number of anilines is 1. The van der Waals surface area contributed by atoms with Gasteiger partial charge < -0.3 is 28.7 Å². The second-order valence-electron chi connectivity index (χ2n) is 6.96. The highest BCUT2D eigenvalue weighted by Crippen LogP contribution is 2.42. The molecule has 0 aliphatic carbocycles. The van der Waals surface area contributed by atoms with Crippen LogP contribution in [0.15, 0.2) is 12.1 Å². The third kappa shape index (κ3) is 3.73. The lowest BCUT2D eigenvalue weighted by Gasteiger charge is -2.36. The molecular weight excluding hydrogens is 364 g/mol. The highest BCUT2D eigenvalue weighted by Gasteiger charge is 2.39. The Morgan fingerprint density at radius 1 is 1.18 bits per heavy atom. The minimum absolute atomic E-state index is 0.0263. The first kappa shape index (κ1) is 20.3. The summed E-state index contributed by atoms with van der Waals surface area (Å²) in [5.74, 6) is 0.982. The summed E-state index contributed by atoms with van der Waals surface area (Å²) in [5.41, 5.74) is 0.629. The summed E-state index contributed by atoms with van der Waals surface area (Å²) >= 11 is 0. The van der Waals surface area contributed by atoms with Crippen LogP contribution in [0.3, 0.4) is 0 Å². The number of amides is 2. The van der Waals surface area contributed by atoms with E-state index in [4.69, 9.17) is 18.9 Å². The monoisotopic (exact) mass is 392 g/mol. The van der Waals surface area contributed by atoms with Crippen LogP contribution in [0.4, 0.5) is 5.69 Å². The van der Waals surface area contributed by atoms with Gasteiger partial charge in [-0.05, 0) is 6.42 Å². The smallest absolute Gasteiger partial charge is 0.228 e. The number of carbonyl (C=O) groups is 2. The molecule has 0 saturated carbocycles. The molecule has 2 aliphatic heterocycles. The molecule has 0 unspecified atom stereocenters. The molecule has 28 heavy (non-hydrogen) atoms. The number of benzene rings is 1. The van der Waals surface area contributed by atoms with E-state index in [0.717, 1.165) is 6.42 Å². The molecule has 0 spiro atoms. The lowest BCUT2D eigenvalue weighted by atomic mass is 10.0. The third-order valence-corrected chi connectivity index (χ3v) is 5.42. The van der Waals surface area contributed by atoms with E-state index in [0.29, 0.717) is 49.2 Å². The molecule has 2 fully saturated rings. The van der Waals surface area contributed by atoms with Crippen molar-refractivity contribution in [1.29, 1.82) is 0 Å². The molecule has 2 aliphatic rings. The molecule has 154 valence electrons. The van der Waals surface area contributed by atoms with Crippen LogP contribution in [-0.4, -0.2) is 70.4 Å². The van der Waals surface area contributed by atoms with Crippen molar-refractivity contribution in [3.05, 3.63) is 12.1 Å². The van der Waals surface area contributed by atoms with Crippen LogP contribution < -0.4 is 19.1 Å². The molecule has 2 amide bonds. The summed E-state index contributed by atoms with van der Waals surface area (Å²) < 4.78 is 21.6. The van der Waals surface area contributed by atoms with E-state index in [1.54, 1.807) is 17.0 Å². The fraction of sp³-hybridized carbons (Fsp3) is 0.600. The Kier molecular flexibility index (Phi) is 6.28. The van der Waals surface area contributed by atoms with E-state index in [2.05, 4.69) is 0 Å². The van der Waals surface area contributed by atoms with E-state index >= 15 is 0 Å². The molecule has 3 rings (SSSR count). The molecule has 0 radical (unpaired) electrons. The van der Waals surface area contributed by atoms with Crippen molar-refractivity contribution >= 4 is 17.5 Å². The summed E-state index contributed by atoms with van der Waals surface area (Å²) in [6.45, 7) is 4.05. The van der Waals surface area contributed by atoms with Gasteiger partial charge in [-0.1, -0.05) is 6.92 Å². The topological polar surface area (TPSA) is 77.5 Å². The Labute approximate surface area is 165 Å². The Morgan fingerprint density at radius 2 is 1.86 bits per heavy atom. The van der Waals surface area contributed by atoms with Crippen molar-refractivity contribution in [1.82, 2.24) is 4.90 Å². The first-order valence-corrected chi connectivity index (χ1v) is 9.52. The van der Waals surface area contributed by atoms with Crippen molar-refractivity contribution in [3.63, 3.8) is 0 Å². The van der Waals surface area contributed by atoms with E-state index in [1.807, 2.05) is 11.8 Å². The van der Waals surface area contributed by atoms with Gasteiger partial charge in [0, 0.05) is 31.6 Å². The molecule has 8 heteroatoms. The zero-order valence-corrected chi connectivity index (χ0v) is 16.9. The third-order valence-electron chi connectivity index (χ3n) is 5.42. The summed E-state index contributed by atoms with van der Waals surface area (Å²) in [5, 5.41) is 0. The van der Waals surface area contributed by atoms with E-state index in [1.165, 1.54) is 21.3 Å². The standard InChI is InChI=1S/C20H28N2O6/c1-5-14-12-28-7-6-21(14)20(24)13-8-18(23)22(11-13)15-9-16(25-2)19(27-4)17(10-15)26-3/h9-10,13-14H,5-8,11-12H2,1-4H3/t13-,14-/m0/s1. The Hall–Kier alpha value is -2.48. The predicted molar refractivity (Wildman–Crippen MR) is 103 cm³/mol. The Morgan fingerprint density at radius 3 is 2.43 bits per heavy atom. The lowest BCUT2D eigenvalue weighted by molar-refractivity contribution is -0.144. The van der Waals surface area contributed by atoms with Crippen LogP contribution in [0, 0.1) is 5.92 Å². The number of ether oxygens (including phenoxy) is 4. The van der Waals surface area contributed by atoms with Crippen molar-refractivity contribution in [2.45, 2.75) is 25.8 Å². The average Bonchev–Trinajstić information content (AvgIpc) is 3.13. The molecule has 2 atom stereocenters. The second kappa shape index (κ2) is 8.68. The maximum Gasteiger partial charge on any atom is 0.228 e. The van der Waals surface area contributed by atoms with Crippen LogP contribution in [0.5, 0.6) is 17.2 Å². The molecular formula is C20H28N2O6. The number of hydrogen-bond acceptors (Lipinski definition) is 6. The lowest BCUT2D eigenvalue weighted by Crippen LogP contribution is -2.50. The minimum Gasteiger partial charge on any atom is -0.493 e. The van der Waals surface area contributed by atoms with Crippen LogP contribution in [0.2, 0.25) is 0 Å². The molecule has 0 N–H and O–H groups in total. The predicted octanol–water partition coefficient (Wildman–Crippen LogP) is 1.70. The maximum absolute atomic E-state index is 13.1. The number of rotatable bonds is 6. The zero-order chi connectivity index (χ0) is 20.3. The van der Waals surface area contributed by atoms with Crippen molar-refractivity contribution < 1.29 is 28.5 Å². The number of methoxy groups -OCH3 is 3. The largest absolute Gasteiger partial charge is 0.493 e. The number of morpholine rings is 1. The van der Waals surface area contributed by atoms with Gasteiger partial charge in [0.15, 0.2) is 11.5 Å². The summed E-state index contributed by atoms with van der Waals surface area (Å²) in [6.07, 6.45) is 1.03. The van der Waals surface area contributed by atoms with Gasteiger partial charge in [-0.15, -0.1) is 0 Å². The van der Waals surface area contributed by atoms with Gasteiger partial charge in [-0.2, -0.15) is 0 Å². The van der Waals surface area contributed by atoms with Gasteiger partial charge in [-0.3, -0.25) is 9.59 Å². The normalized spacial score (nSPS) is 22.4. The molecule has 0 aromatic heterocycles. The van der Waals surface area contributed by atoms with E-state index in [9.17, 15) is 9.59 Å². The average molecular weight is 392 g/mol. The Balaban J connectivity index is 1.82. The number of nitrogens with zero attached hydrogens (tertiary/aromatic N) is 2. The van der Waals surface area contributed by atoms with Crippen molar-refractivity contribution in [3.8, 4) is 17.2 Å². The molecule has 2 saturated heterocycles. The van der Waals surface area contributed by atoms with Gasteiger partial charge in [-0.25, -0.2) is 0 Å². The molecule has 1 aromatic rings. The van der Waals surface area contributed by atoms with Gasteiger partial charge in [0.2, 0.25) is 17.6 Å². The van der Waals surface area contributed by atoms with Crippen LogP contribution in [0.1, 0.15) is 19.8 Å². The number of carbonyl (C=O) groups excluding carboxylic acids is 2. The SMILES string of the molecule is CC[C@H]1COCCN1C(=O)[C@H]1CC(=O)N(c2cc(OC)c(OC)c(OC)c2)C1. The fourth-order valence-corrected chi connectivity index (χ4v) is 3.86. The molecule has 8 nitrogen and oxygen atoms in total. The van der Waals surface area contributed by atoms with Crippen molar-refractivity contribution in [2.75, 3.05) is 52.5 Å². The van der Waals surface area contributed by atoms with Crippen molar-refractivity contribution in [2.24, 2.45) is 5.92 Å². The zero-order valence-electron chi connectivity index (χ0n) is 16.9. The first-order chi connectivity index (χ1) is 13.5. The first-order valence-electron chi connectivity index (χ1n) is 9.52. The minimum atomic E-state index is -0.362. The summed E-state index contributed by atoms with van der Waals surface area (Å²) in [7, 11) is 4.59. The van der Waals surface area contributed by atoms with Gasteiger partial charge in [0.05, 0.1) is 52.2 Å².